The molecule has 0 aliphatic heterocycles. The fourth-order valence-electron chi connectivity index (χ4n) is 2.98. The summed E-state index contributed by atoms with van der Waals surface area (Å²) in [5.41, 5.74) is 2.16. The lowest BCUT2D eigenvalue weighted by Crippen LogP contribution is -2.25. The summed E-state index contributed by atoms with van der Waals surface area (Å²) in [5, 5.41) is 3.94. The van der Waals surface area contributed by atoms with Crippen LogP contribution < -0.4 is 0 Å². The summed E-state index contributed by atoms with van der Waals surface area (Å²) < 4.78 is 31.5. The molecular weight excluding hydrogens is 320 g/mol. The molecule has 0 amide bonds. The van der Waals surface area contributed by atoms with Crippen LogP contribution in [-0.2, 0) is 0 Å². The molecule has 1 aliphatic carbocycles. The molecule has 0 N–H and O–H groups in total. The third kappa shape index (κ3) is 2.71. The van der Waals surface area contributed by atoms with E-state index in [4.69, 9.17) is 28.7 Å². The van der Waals surface area contributed by atoms with Crippen LogP contribution in [0.4, 0.5) is 0 Å². The van der Waals surface area contributed by atoms with Gasteiger partial charge in [0.25, 0.3) is 0 Å². The first-order chi connectivity index (χ1) is 12.2. The summed E-state index contributed by atoms with van der Waals surface area (Å²) in [6, 6.07) is 10.7. The maximum Gasteiger partial charge on any atom is 0.0751 e. The maximum atomic E-state index is 11.3. The summed E-state index contributed by atoms with van der Waals surface area (Å²) in [7, 11) is 0. The summed E-state index contributed by atoms with van der Waals surface area (Å²) in [4.78, 5) is 11.3. The number of hydrogen-bond acceptors (Lipinski definition) is 2. The van der Waals surface area contributed by atoms with E-state index in [1.165, 1.54) is 0 Å². The average Bonchev–Trinajstić information content (AvgIpc) is 2.57. The molecule has 2 aromatic carbocycles. The summed E-state index contributed by atoms with van der Waals surface area (Å²) >= 11 is 12.1. The summed E-state index contributed by atoms with van der Waals surface area (Å²) in [6.45, 7) is -2.80. The Bertz CT molecular complexity index is 846. The molecule has 2 atom stereocenters. The summed E-state index contributed by atoms with van der Waals surface area (Å²) in [5.74, 6) is -0.0791. The Labute approximate surface area is 145 Å². The van der Waals surface area contributed by atoms with Gasteiger partial charge in [-0.2, -0.15) is 0 Å². The smallest absolute Gasteiger partial charge is 0.0751 e. The van der Waals surface area contributed by atoms with Crippen molar-refractivity contribution in [1.82, 2.24) is 5.01 Å². The molecule has 114 valence electrons. The van der Waals surface area contributed by atoms with Crippen LogP contribution in [0.25, 0.3) is 0 Å². The number of nitroso groups, excluding NO2 is 1. The number of rotatable bonds is 3. The zero-order chi connectivity index (χ0) is 19.1. The molecule has 0 spiro atoms. The van der Waals surface area contributed by atoms with Crippen molar-refractivity contribution in [2.24, 2.45) is 5.29 Å². The Morgan fingerprint density at radius 1 is 1.18 bits per heavy atom. The highest BCUT2D eigenvalue weighted by atomic mass is 35.5. The molecule has 2 aromatic rings. The normalized spacial score (nSPS) is 26.9. The predicted molar refractivity (Wildman–Crippen MR) is 90.3 cm³/mol. The molecule has 3 nitrogen and oxygen atoms in total. The first kappa shape index (κ1) is 11.0. The lowest BCUT2D eigenvalue weighted by molar-refractivity contribution is 0.223. The van der Waals surface area contributed by atoms with E-state index < -0.39 is 13.0 Å². The third-order valence-electron chi connectivity index (χ3n) is 4.00. The lowest BCUT2D eigenvalue weighted by atomic mass is 9.77. The Kier molecular flexibility index (Phi) is 3.14. The molecule has 3 rings (SSSR count). The fourth-order valence-corrected chi connectivity index (χ4v) is 3.29. The van der Waals surface area contributed by atoms with E-state index in [2.05, 4.69) is 5.29 Å². The average molecular weight is 340 g/mol. The van der Waals surface area contributed by atoms with E-state index in [9.17, 15) is 4.91 Å². The second-order valence-electron chi connectivity index (χ2n) is 5.19. The minimum absolute atomic E-state index is 0.0791. The SMILES string of the molecule is [2H][C@]1(N(N=O)[13C]([2H])([2H])[2H])CC[C@@H](c2ccc(Cl)c(Cl)c2)c2ccccc21. The maximum absolute atomic E-state index is 11.3. The first-order valence-corrected chi connectivity index (χ1v) is 7.62. The van der Waals surface area contributed by atoms with Crippen molar-refractivity contribution in [2.45, 2.75) is 24.8 Å². The Morgan fingerprint density at radius 2 is 1.95 bits per heavy atom. The Morgan fingerprint density at radius 3 is 2.64 bits per heavy atom. The van der Waals surface area contributed by atoms with E-state index >= 15 is 0 Å². The van der Waals surface area contributed by atoms with Gasteiger partial charge in [-0.1, -0.05) is 53.5 Å². The molecule has 0 fully saturated rings. The van der Waals surface area contributed by atoms with Gasteiger partial charge in [-0.25, -0.2) is 0 Å². The first-order valence-electron chi connectivity index (χ1n) is 8.86. The predicted octanol–water partition coefficient (Wildman–Crippen LogP) is 5.57. The van der Waals surface area contributed by atoms with E-state index in [1.54, 1.807) is 24.3 Å². The third-order valence-corrected chi connectivity index (χ3v) is 4.74. The van der Waals surface area contributed by atoms with Crippen molar-refractivity contribution in [3.63, 3.8) is 0 Å². The largest absolute Gasteiger partial charge is 0.256 e. The quantitative estimate of drug-likeness (QED) is 0.415. The lowest BCUT2D eigenvalue weighted by Gasteiger charge is -2.34. The number of fused-ring (bicyclic) bond motifs is 1. The van der Waals surface area contributed by atoms with Crippen molar-refractivity contribution in [3.05, 3.63) is 74.1 Å². The van der Waals surface area contributed by atoms with Crippen LogP contribution in [0, 0.1) is 4.91 Å². The van der Waals surface area contributed by atoms with Crippen LogP contribution in [0.5, 0.6) is 0 Å². The van der Waals surface area contributed by atoms with E-state index in [0.29, 0.717) is 27.0 Å². The Hall–Kier alpha value is -1.58. The topological polar surface area (TPSA) is 32.7 Å². The van der Waals surface area contributed by atoms with Crippen LogP contribution >= 0.6 is 23.2 Å². The zero-order valence-electron chi connectivity index (χ0n) is 15.6. The van der Waals surface area contributed by atoms with Crippen molar-refractivity contribution in [3.8, 4) is 0 Å². The van der Waals surface area contributed by atoms with Gasteiger partial charge in [0.1, 0.15) is 0 Å². The number of hydrogen-bond donors (Lipinski definition) is 0. The van der Waals surface area contributed by atoms with Crippen molar-refractivity contribution in [1.29, 1.82) is 0 Å². The summed E-state index contributed by atoms with van der Waals surface area (Å²) in [6.07, 6.45) is 0.611. The highest BCUT2D eigenvalue weighted by Gasteiger charge is 2.30. The van der Waals surface area contributed by atoms with Gasteiger partial charge in [0.15, 0.2) is 0 Å². The number of benzene rings is 2. The van der Waals surface area contributed by atoms with Crippen molar-refractivity contribution < 1.29 is 5.48 Å². The molecule has 22 heavy (non-hydrogen) atoms. The van der Waals surface area contributed by atoms with Crippen LogP contribution in [-0.4, -0.2) is 12.0 Å². The number of nitrogens with zero attached hydrogens (tertiary/aromatic N) is 2. The van der Waals surface area contributed by atoms with Crippen molar-refractivity contribution >= 4 is 23.2 Å². The van der Waals surface area contributed by atoms with E-state index in [1.807, 2.05) is 18.2 Å². The van der Waals surface area contributed by atoms with E-state index in [0.717, 1.165) is 11.1 Å². The van der Waals surface area contributed by atoms with Crippen LogP contribution in [0.3, 0.4) is 0 Å². The molecule has 0 heterocycles. The van der Waals surface area contributed by atoms with Gasteiger partial charge < -0.3 is 0 Å². The molecule has 0 radical (unpaired) electrons. The van der Waals surface area contributed by atoms with Gasteiger partial charge in [-0.15, -0.1) is 4.91 Å². The molecule has 0 aromatic heterocycles. The van der Waals surface area contributed by atoms with Gasteiger partial charge in [0.2, 0.25) is 0 Å². The highest BCUT2D eigenvalue weighted by Crippen LogP contribution is 2.44. The minimum atomic E-state index is -2.80. The zero-order valence-corrected chi connectivity index (χ0v) is 13.1. The molecular formula is C17H16Cl2N2O. The van der Waals surface area contributed by atoms with Gasteiger partial charge in [-0.3, -0.25) is 5.01 Å². The molecule has 0 saturated carbocycles. The van der Waals surface area contributed by atoms with Crippen LogP contribution in [0.15, 0.2) is 47.8 Å². The fraction of sp³-hybridized carbons (Fsp3) is 0.294. The molecule has 0 bridgehead atoms. The molecule has 5 heteroatoms. The van der Waals surface area contributed by atoms with Crippen molar-refractivity contribution in [2.75, 3.05) is 6.98 Å². The standard InChI is InChI=1S/C17H16Cl2N2O/c1-21(20-22)17-9-7-12(13-4-2-3-5-14(13)17)11-6-8-15(18)16(19)10-11/h2-6,8,10,12,17H,7,9H2,1H3/t12-,17-/m0/s1/i1+1D3,17D. The number of halogens is 2. The van der Waals surface area contributed by atoms with Gasteiger partial charge in [0, 0.05) is 17.0 Å². The second kappa shape index (κ2) is 6.27. The van der Waals surface area contributed by atoms with Gasteiger partial charge in [-0.05, 0) is 41.7 Å². The molecule has 1 aliphatic rings. The monoisotopic (exact) mass is 339 g/mol. The van der Waals surface area contributed by atoms with E-state index in [-0.39, 0.29) is 12.3 Å². The second-order valence-corrected chi connectivity index (χ2v) is 6.01. The van der Waals surface area contributed by atoms with Crippen LogP contribution in [0.1, 0.15) is 47.0 Å². The molecule has 0 saturated heterocycles. The van der Waals surface area contributed by atoms with Crippen LogP contribution in [0.2, 0.25) is 10.0 Å². The molecule has 0 unspecified atom stereocenters. The minimum Gasteiger partial charge on any atom is -0.256 e. The van der Waals surface area contributed by atoms with Gasteiger partial charge in [0.05, 0.1) is 22.7 Å². The van der Waals surface area contributed by atoms with Gasteiger partial charge >= 0.3 is 0 Å². The Balaban J connectivity index is 2.12. The highest BCUT2D eigenvalue weighted by molar-refractivity contribution is 6.42.